The number of hydrogen-bond donors (Lipinski definition) is 2. The lowest BCUT2D eigenvalue weighted by Gasteiger charge is -2.08. The van der Waals surface area contributed by atoms with Gasteiger partial charge in [-0.25, -0.2) is 0 Å². The van der Waals surface area contributed by atoms with Crippen LogP contribution in [-0.4, -0.2) is 35.2 Å². The Labute approximate surface area is 159 Å². The van der Waals surface area contributed by atoms with Crippen molar-refractivity contribution >= 4 is 28.3 Å². The molecule has 2 N–H and O–H groups in total. The van der Waals surface area contributed by atoms with Crippen LogP contribution in [0.15, 0.2) is 24.3 Å². The zero-order valence-electron chi connectivity index (χ0n) is 14.9. The molecule has 0 atom stereocenters. The summed E-state index contributed by atoms with van der Waals surface area (Å²) in [5.74, 6) is -0.879. The molecule has 2 aromatic rings. The van der Waals surface area contributed by atoms with Gasteiger partial charge in [0.15, 0.2) is 0 Å². The third kappa shape index (κ3) is 6.24. The average Bonchev–Trinajstić information content (AvgIpc) is 3.08. The topological polar surface area (TPSA) is 93.2 Å². The van der Waals surface area contributed by atoms with Crippen molar-refractivity contribution in [1.29, 1.82) is 0 Å². The van der Waals surface area contributed by atoms with E-state index >= 15 is 0 Å². The molecule has 0 bridgehead atoms. The summed E-state index contributed by atoms with van der Waals surface area (Å²) >= 11 is 1.30. The smallest absolute Gasteiger partial charge is 0.387 e. The number of nitrogens with one attached hydrogen (secondary N) is 2. The van der Waals surface area contributed by atoms with Crippen LogP contribution in [0.1, 0.15) is 48.0 Å². The molecule has 0 radical (unpaired) electrons. The highest BCUT2D eigenvalue weighted by molar-refractivity contribution is 7.15. The zero-order valence-corrected chi connectivity index (χ0v) is 15.7. The standard InChI is InChI=1S/C17H20F2N4O3S/c1-3-10(4-2)15-22-23-17(27-15)21-13(24)9-20-14(25)11-6-5-7-12(8-11)26-16(18)19/h5-8,10,16H,3-4,9H2,1-2H3,(H,20,25)(H,21,23,24). The van der Waals surface area contributed by atoms with E-state index in [1.807, 2.05) is 0 Å². The molecule has 0 aliphatic heterocycles. The minimum Gasteiger partial charge on any atom is -0.435 e. The molecule has 1 aromatic heterocycles. The van der Waals surface area contributed by atoms with Crippen LogP contribution in [-0.2, 0) is 4.79 Å². The summed E-state index contributed by atoms with van der Waals surface area (Å²) in [5, 5.41) is 14.2. The van der Waals surface area contributed by atoms with Crippen LogP contribution >= 0.6 is 11.3 Å². The molecule has 10 heteroatoms. The molecule has 0 unspecified atom stereocenters. The summed E-state index contributed by atoms with van der Waals surface area (Å²) in [6.45, 7) is 0.847. The quantitative estimate of drug-likeness (QED) is 0.675. The molecular weight excluding hydrogens is 378 g/mol. The number of nitrogens with zero attached hydrogens (tertiary/aromatic N) is 2. The number of hydrogen-bond acceptors (Lipinski definition) is 6. The number of halogens is 2. The largest absolute Gasteiger partial charge is 0.435 e. The van der Waals surface area contributed by atoms with E-state index in [0.717, 1.165) is 17.8 Å². The van der Waals surface area contributed by atoms with Gasteiger partial charge in [0.05, 0.1) is 6.54 Å². The third-order valence-electron chi connectivity index (χ3n) is 3.75. The van der Waals surface area contributed by atoms with Gasteiger partial charge in [-0.1, -0.05) is 31.3 Å². The minimum absolute atomic E-state index is 0.105. The van der Waals surface area contributed by atoms with E-state index < -0.39 is 18.4 Å². The Hall–Kier alpha value is -2.62. The number of alkyl halides is 2. The molecule has 2 rings (SSSR count). The molecule has 27 heavy (non-hydrogen) atoms. The maximum absolute atomic E-state index is 12.2. The van der Waals surface area contributed by atoms with Gasteiger partial charge in [0.2, 0.25) is 11.0 Å². The molecular formula is C17H20F2N4O3S. The number of carbonyl (C=O) groups excluding carboxylic acids is 2. The van der Waals surface area contributed by atoms with Crippen LogP contribution in [0, 0.1) is 0 Å². The number of anilines is 1. The molecule has 0 aliphatic rings. The molecule has 0 spiro atoms. The molecule has 0 fully saturated rings. The fourth-order valence-electron chi connectivity index (χ4n) is 2.33. The van der Waals surface area contributed by atoms with Gasteiger partial charge in [-0.15, -0.1) is 10.2 Å². The van der Waals surface area contributed by atoms with Crippen LogP contribution in [0.4, 0.5) is 13.9 Å². The summed E-state index contributed by atoms with van der Waals surface area (Å²) in [4.78, 5) is 24.0. The molecule has 146 valence electrons. The highest BCUT2D eigenvalue weighted by atomic mass is 32.1. The Balaban J connectivity index is 1.87. The van der Waals surface area contributed by atoms with Gasteiger partial charge in [0.1, 0.15) is 10.8 Å². The van der Waals surface area contributed by atoms with Gasteiger partial charge >= 0.3 is 6.61 Å². The van der Waals surface area contributed by atoms with Crippen molar-refractivity contribution < 1.29 is 23.1 Å². The first-order valence-corrected chi connectivity index (χ1v) is 9.20. The van der Waals surface area contributed by atoms with Crippen LogP contribution < -0.4 is 15.4 Å². The highest BCUT2D eigenvalue weighted by Crippen LogP contribution is 2.27. The maximum atomic E-state index is 12.2. The lowest BCUT2D eigenvalue weighted by atomic mass is 10.1. The van der Waals surface area contributed by atoms with E-state index in [2.05, 4.69) is 39.4 Å². The second-order valence-corrected chi connectivity index (χ2v) is 6.61. The van der Waals surface area contributed by atoms with Gasteiger partial charge < -0.3 is 10.1 Å². The van der Waals surface area contributed by atoms with Crippen molar-refractivity contribution in [3.8, 4) is 5.75 Å². The van der Waals surface area contributed by atoms with Crippen molar-refractivity contribution in [2.45, 2.75) is 39.2 Å². The number of amides is 2. The minimum atomic E-state index is -2.98. The Morgan fingerprint density at radius 1 is 1.22 bits per heavy atom. The normalized spacial score (nSPS) is 10.9. The van der Waals surface area contributed by atoms with Crippen LogP contribution in [0.2, 0.25) is 0 Å². The Bertz CT molecular complexity index is 781. The van der Waals surface area contributed by atoms with E-state index in [1.54, 1.807) is 0 Å². The number of rotatable bonds is 9. The van der Waals surface area contributed by atoms with Crippen LogP contribution in [0.25, 0.3) is 0 Å². The fourth-order valence-corrected chi connectivity index (χ4v) is 3.35. The first-order valence-electron chi connectivity index (χ1n) is 8.39. The van der Waals surface area contributed by atoms with E-state index in [0.29, 0.717) is 11.0 Å². The lowest BCUT2D eigenvalue weighted by molar-refractivity contribution is -0.115. The average molecular weight is 398 g/mol. The SMILES string of the molecule is CCC(CC)c1nnc(NC(=O)CNC(=O)c2cccc(OC(F)F)c2)s1. The number of carbonyl (C=O) groups is 2. The van der Waals surface area contributed by atoms with Crippen molar-refractivity contribution in [2.75, 3.05) is 11.9 Å². The number of ether oxygens (including phenoxy) is 1. The molecule has 1 heterocycles. The molecule has 1 aromatic carbocycles. The van der Waals surface area contributed by atoms with Gasteiger partial charge in [-0.05, 0) is 31.0 Å². The number of benzene rings is 1. The lowest BCUT2D eigenvalue weighted by Crippen LogP contribution is -2.32. The molecule has 7 nitrogen and oxygen atoms in total. The Morgan fingerprint density at radius 2 is 1.96 bits per heavy atom. The van der Waals surface area contributed by atoms with Gasteiger partial charge in [0.25, 0.3) is 5.91 Å². The van der Waals surface area contributed by atoms with Crippen LogP contribution in [0.3, 0.4) is 0 Å². The van der Waals surface area contributed by atoms with Crippen LogP contribution in [0.5, 0.6) is 5.75 Å². The summed E-state index contributed by atoms with van der Waals surface area (Å²) < 4.78 is 28.7. The second kappa shape index (κ2) is 9.91. The third-order valence-corrected chi connectivity index (χ3v) is 4.75. The number of aromatic nitrogens is 2. The first-order chi connectivity index (χ1) is 12.9. The predicted molar refractivity (Wildman–Crippen MR) is 97.3 cm³/mol. The monoisotopic (exact) mass is 398 g/mol. The van der Waals surface area contributed by atoms with E-state index in [4.69, 9.17) is 0 Å². The summed E-state index contributed by atoms with van der Waals surface area (Å²) in [6.07, 6.45) is 1.87. The maximum Gasteiger partial charge on any atom is 0.387 e. The summed E-state index contributed by atoms with van der Waals surface area (Å²) in [7, 11) is 0. The highest BCUT2D eigenvalue weighted by Gasteiger charge is 2.15. The molecule has 0 aliphatic carbocycles. The first kappa shape index (κ1) is 20.7. The van der Waals surface area contributed by atoms with E-state index in [1.165, 1.54) is 35.6 Å². The van der Waals surface area contributed by atoms with E-state index in [9.17, 15) is 18.4 Å². The molecule has 2 amide bonds. The zero-order chi connectivity index (χ0) is 19.8. The van der Waals surface area contributed by atoms with Crippen molar-refractivity contribution in [2.24, 2.45) is 0 Å². The Kier molecular flexibility index (Phi) is 7.59. The summed E-state index contributed by atoms with van der Waals surface area (Å²) in [6, 6.07) is 5.32. The van der Waals surface area contributed by atoms with Crippen molar-refractivity contribution in [1.82, 2.24) is 15.5 Å². The van der Waals surface area contributed by atoms with Crippen molar-refractivity contribution in [3.63, 3.8) is 0 Å². The molecule has 0 saturated carbocycles. The summed E-state index contributed by atoms with van der Waals surface area (Å²) in [5.41, 5.74) is 0.105. The van der Waals surface area contributed by atoms with Gasteiger partial charge in [0, 0.05) is 11.5 Å². The molecule has 0 saturated heterocycles. The predicted octanol–water partition coefficient (Wildman–Crippen LogP) is 3.41. The van der Waals surface area contributed by atoms with Gasteiger partial charge in [-0.2, -0.15) is 8.78 Å². The second-order valence-electron chi connectivity index (χ2n) is 5.60. The van der Waals surface area contributed by atoms with Crippen molar-refractivity contribution in [3.05, 3.63) is 34.8 Å². The van der Waals surface area contributed by atoms with Gasteiger partial charge in [-0.3, -0.25) is 14.9 Å². The fraction of sp³-hybridized carbons (Fsp3) is 0.412. The Morgan fingerprint density at radius 3 is 2.63 bits per heavy atom. The van der Waals surface area contributed by atoms with E-state index in [-0.39, 0.29) is 17.9 Å².